The summed E-state index contributed by atoms with van der Waals surface area (Å²) in [5.41, 5.74) is 1.06. The first-order valence-electron chi connectivity index (χ1n) is 16.0. The molecule has 3 aromatic carbocycles. The molecule has 11 nitrogen and oxygen atoms in total. The lowest BCUT2D eigenvalue weighted by molar-refractivity contribution is 0.101. The van der Waals surface area contributed by atoms with Crippen LogP contribution >= 0.6 is 0 Å². The molecule has 1 aliphatic rings. The predicted octanol–water partition coefficient (Wildman–Crippen LogP) is 6.64. The first kappa shape index (κ1) is 33.6. The summed E-state index contributed by atoms with van der Waals surface area (Å²) in [6.45, 7) is 7.67. The fourth-order valence-electron chi connectivity index (χ4n) is 5.40. The smallest absolute Gasteiger partial charge is 0.319 e. The van der Waals surface area contributed by atoms with Crippen LogP contribution in [0.25, 0.3) is 22.4 Å². The number of halogens is 2. The van der Waals surface area contributed by atoms with Gasteiger partial charge in [0.25, 0.3) is 5.91 Å². The summed E-state index contributed by atoms with van der Waals surface area (Å²) >= 11 is 0. The van der Waals surface area contributed by atoms with E-state index >= 15 is 4.39 Å². The number of oxazole rings is 1. The minimum Gasteiger partial charge on any atom is -0.493 e. The number of hydrogen-bond donors (Lipinski definition) is 1. The van der Waals surface area contributed by atoms with Gasteiger partial charge in [-0.2, -0.15) is 4.98 Å². The number of fused-ring (bicyclic) bond motifs is 1. The number of anilines is 1. The van der Waals surface area contributed by atoms with Gasteiger partial charge in [-0.25, -0.2) is 8.78 Å². The summed E-state index contributed by atoms with van der Waals surface area (Å²) in [4.78, 5) is 26.6. The van der Waals surface area contributed by atoms with Crippen LogP contribution in [0, 0.1) is 11.6 Å². The molecule has 0 aliphatic carbocycles. The Balaban J connectivity index is 1.13. The molecule has 1 fully saturated rings. The lowest BCUT2D eigenvalue weighted by Crippen LogP contribution is -2.44. The van der Waals surface area contributed by atoms with Gasteiger partial charge < -0.3 is 38.5 Å². The summed E-state index contributed by atoms with van der Waals surface area (Å²) in [5.74, 6) is -0.499. The summed E-state index contributed by atoms with van der Waals surface area (Å²) in [5, 5.41) is 3.22. The van der Waals surface area contributed by atoms with Crippen molar-refractivity contribution >= 4 is 22.5 Å². The number of nitrogens with one attached hydrogen (secondary N) is 1. The van der Waals surface area contributed by atoms with Crippen molar-refractivity contribution in [3.8, 4) is 40.4 Å². The van der Waals surface area contributed by atoms with E-state index in [1.165, 1.54) is 36.4 Å². The maximum Gasteiger partial charge on any atom is 0.319 e. The second-order valence-electron chi connectivity index (χ2n) is 11.5. The van der Waals surface area contributed by atoms with E-state index in [9.17, 15) is 9.18 Å². The second kappa shape index (κ2) is 15.3. The van der Waals surface area contributed by atoms with Gasteiger partial charge in [0.05, 0.1) is 25.8 Å². The Labute approximate surface area is 282 Å². The third kappa shape index (κ3) is 8.07. The van der Waals surface area contributed by atoms with Crippen LogP contribution < -0.4 is 24.3 Å². The van der Waals surface area contributed by atoms with E-state index in [-0.39, 0.29) is 35.6 Å². The van der Waals surface area contributed by atoms with Crippen molar-refractivity contribution in [1.82, 2.24) is 19.8 Å². The molecule has 0 saturated carbocycles. The molecule has 256 valence electrons. The molecule has 0 spiro atoms. The normalized spacial score (nSPS) is 13.7. The zero-order chi connectivity index (χ0) is 34.3. The molecule has 5 aromatic rings. The number of rotatable bonds is 13. The Morgan fingerprint density at radius 1 is 0.939 bits per heavy atom. The zero-order valence-corrected chi connectivity index (χ0v) is 27.5. The first-order chi connectivity index (χ1) is 23.8. The number of piperazine rings is 1. The number of benzene rings is 3. The van der Waals surface area contributed by atoms with Crippen molar-refractivity contribution < 1.29 is 36.9 Å². The third-order valence-electron chi connectivity index (χ3n) is 8.05. The van der Waals surface area contributed by atoms with E-state index in [0.717, 1.165) is 45.2 Å². The topological polar surface area (TPSA) is 111 Å². The number of ether oxygens (including phenoxy) is 4. The van der Waals surface area contributed by atoms with E-state index in [2.05, 4.69) is 32.1 Å². The maximum absolute atomic E-state index is 15.4. The van der Waals surface area contributed by atoms with Gasteiger partial charge in [-0.05, 0) is 68.9 Å². The largest absolute Gasteiger partial charge is 0.493 e. The highest BCUT2D eigenvalue weighted by Gasteiger charge is 2.23. The summed E-state index contributed by atoms with van der Waals surface area (Å²) in [6, 6.07) is 14.7. The molecular weight excluding hydrogens is 636 g/mol. The first-order valence-corrected chi connectivity index (χ1v) is 16.0. The standard InChI is InChI=1S/C36H37F2N5O6/c1-4-46-36-33(41-35(49-36)23-6-8-24(37)9-7-23)34(44)40-25-10-11-30(27(38)20-25)48-29-12-13-39-28-22-32(31(45-3)21-26(28)29)47-19-5-14-43-17-15-42(2)16-18-43/h6-13,20-22H,4-5,14-19H2,1-3H3,(H,40,44). The fourth-order valence-corrected chi connectivity index (χ4v) is 5.40. The van der Waals surface area contributed by atoms with Crippen LogP contribution in [0.4, 0.5) is 14.5 Å². The van der Waals surface area contributed by atoms with Crippen LogP contribution in [0.5, 0.6) is 28.9 Å². The molecule has 3 heterocycles. The van der Waals surface area contributed by atoms with Crippen molar-refractivity contribution in [1.29, 1.82) is 0 Å². The highest BCUT2D eigenvalue weighted by Crippen LogP contribution is 2.38. The number of likely N-dealkylation sites (N-methyl/N-ethyl adjacent to an activating group) is 1. The van der Waals surface area contributed by atoms with Gasteiger partial charge >= 0.3 is 5.95 Å². The Bertz CT molecular complexity index is 1910. The molecule has 0 atom stereocenters. The number of aromatic nitrogens is 2. The molecule has 1 saturated heterocycles. The van der Waals surface area contributed by atoms with E-state index in [4.69, 9.17) is 23.4 Å². The van der Waals surface area contributed by atoms with Gasteiger partial charge in [-0.3, -0.25) is 9.78 Å². The van der Waals surface area contributed by atoms with Gasteiger partial charge in [0, 0.05) is 67.7 Å². The molecule has 1 aliphatic heterocycles. The number of carbonyl (C=O) groups is 1. The highest BCUT2D eigenvalue weighted by molar-refractivity contribution is 6.04. The maximum atomic E-state index is 15.4. The molecule has 1 amide bonds. The van der Waals surface area contributed by atoms with E-state index < -0.39 is 17.5 Å². The molecule has 1 N–H and O–H groups in total. The number of pyridine rings is 1. The van der Waals surface area contributed by atoms with Crippen LogP contribution in [0.2, 0.25) is 0 Å². The predicted molar refractivity (Wildman–Crippen MR) is 180 cm³/mol. The highest BCUT2D eigenvalue weighted by atomic mass is 19.1. The lowest BCUT2D eigenvalue weighted by Gasteiger charge is -2.32. The molecular formula is C36H37F2N5O6. The van der Waals surface area contributed by atoms with Crippen molar-refractivity contribution in [2.75, 3.05) is 65.4 Å². The number of nitrogens with zero attached hydrogens (tertiary/aromatic N) is 4. The summed E-state index contributed by atoms with van der Waals surface area (Å²) < 4.78 is 57.5. The average molecular weight is 674 g/mol. The Kier molecular flexibility index (Phi) is 10.5. The van der Waals surface area contributed by atoms with Gasteiger partial charge in [-0.15, -0.1) is 0 Å². The molecule has 0 bridgehead atoms. The van der Waals surface area contributed by atoms with Crippen LogP contribution in [-0.2, 0) is 0 Å². The summed E-state index contributed by atoms with van der Waals surface area (Å²) in [7, 11) is 3.70. The SMILES string of the molecule is CCOc1oc(-c2ccc(F)cc2)nc1C(=O)Nc1ccc(Oc2ccnc3cc(OCCCN4CCN(C)CC4)c(OC)cc23)c(F)c1. The van der Waals surface area contributed by atoms with Crippen molar-refractivity contribution in [2.45, 2.75) is 13.3 Å². The number of carbonyl (C=O) groups excluding carboxylic acids is 1. The van der Waals surface area contributed by atoms with Crippen LogP contribution in [0.3, 0.4) is 0 Å². The van der Waals surface area contributed by atoms with E-state index in [1.54, 1.807) is 38.4 Å². The van der Waals surface area contributed by atoms with E-state index in [0.29, 0.717) is 40.3 Å². The number of methoxy groups -OCH3 is 1. The molecule has 6 rings (SSSR count). The van der Waals surface area contributed by atoms with Gasteiger partial charge in [0.2, 0.25) is 11.6 Å². The minimum absolute atomic E-state index is 0.0660. The molecule has 0 radical (unpaired) electrons. The van der Waals surface area contributed by atoms with Crippen molar-refractivity contribution in [3.63, 3.8) is 0 Å². The summed E-state index contributed by atoms with van der Waals surface area (Å²) in [6.07, 6.45) is 2.45. The van der Waals surface area contributed by atoms with Gasteiger partial charge in [0.1, 0.15) is 11.6 Å². The quantitative estimate of drug-likeness (QED) is 0.137. The second-order valence-corrected chi connectivity index (χ2v) is 11.5. The lowest BCUT2D eigenvalue weighted by atomic mass is 10.1. The number of hydrogen-bond acceptors (Lipinski definition) is 10. The van der Waals surface area contributed by atoms with Gasteiger partial charge in [-0.1, -0.05) is 0 Å². The minimum atomic E-state index is -0.716. The van der Waals surface area contributed by atoms with Crippen LogP contribution in [0.1, 0.15) is 23.8 Å². The molecule has 49 heavy (non-hydrogen) atoms. The Morgan fingerprint density at radius 2 is 1.73 bits per heavy atom. The van der Waals surface area contributed by atoms with Crippen LogP contribution in [-0.4, -0.2) is 85.8 Å². The molecule has 13 heteroatoms. The zero-order valence-electron chi connectivity index (χ0n) is 27.5. The van der Waals surface area contributed by atoms with Crippen molar-refractivity contribution in [3.05, 3.63) is 84.2 Å². The average Bonchev–Trinajstić information content (AvgIpc) is 3.53. The van der Waals surface area contributed by atoms with E-state index in [1.807, 2.05) is 0 Å². The fraction of sp³-hybridized carbons (Fsp3) is 0.306. The van der Waals surface area contributed by atoms with Crippen molar-refractivity contribution in [2.24, 2.45) is 0 Å². The monoisotopic (exact) mass is 673 g/mol. The Hall–Kier alpha value is -5.27. The molecule has 0 unspecified atom stereocenters. The molecule has 2 aromatic heterocycles. The van der Waals surface area contributed by atoms with Crippen LogP contribution in [0.15, 0.2) is 71.3 Å². The number of amides is 1. The third-order valence-corrected chi connectivity index (χ3v) is 8.05. The Morgan fingerprint density at radius 3 is 2.47 bits per heavy atom. The van der Waals surface area contributed by atoms with Gasteiger partial charge in [0.15, 0.2) is 23.1 Å².